The predicted octanol–water partition coefficient (Wildman–Crippen LogP) is 5.72. The number of halogens is 2. The van der Waals surface area contributed by atoms with E-state index in [1.54, 1.807) is 30.3 Å². The molecule has 2 aromatic carbocycles. The van der Waals surface area contributed by atoms with Crippen molar-refractivity contribution < 1.29 is 9.59 Å². The number of anilines is 1. The molecule has 2 N–H and O–H groups in total. The molecule has 0 saturated heterocycles. The Morgan fingerprint density at radius 1 is 1.24 bits per heavy atom. The number of aromatic nitrogens is 3. The number of nitrogens with one attached hydrogen (secondary N) is 2. The van der Waals surface area contributed by atoms with E-state index in [1.165, 1.54) is 11.8 Å². The number of rotatable bonds is 9. The van der Waals surface area contributed by atoms with E-state index in [0.29, 0.717) is 28.1 Å². The molecular weight excluding hydrogens is 538 g/mol. The van der Waals surface area contributed by atoms with Gasteiger partial charge in [0.2, 0.25) is 5.91 Å². The van der Waals surface area contributed by atoms with E-state index in [2.05, 4.69) is 43.3 Å². The van der Waals surface area contributed by atoms with Crippen molar-refractivity contribution in [3.63, 3.8) is 0 Å². The van der Waals surface area contributed by atoms with Crippen LogP contribution in [0, 0.1) is 13.8 Å². The number of carbonyl (C=O) groups is 2. The molecule has 0 spiro atoms. The Bertz CT molecular complexity index is 1230. The fourth-order valence-electron chi connectivity index (χ4n) is 3.21. The summed E-state index contributed by atoms with van der Waals surface area (Å²) in [5.74, 6) is 0.234. The molecule has 178 valence electrons. The summed E-state index contributed by atoms with van der Waals surface area (Å²) in [6.45, 7) is 10.1. The van der Waals surface area contributed by atoms with Crippen LogP contribution in [0.5, 0.6) is 0 Å². The summed E-state index contributed by atoms with van der Waals surface area (Å²) in [7, 11) is 0. The number of allylic oxidation sites excluding steroid dienone is 1. The zero-order valence-corrected chi connectivity index (χ0v) is 22.2. The second-order valence-corrected chi connectivity index (χ2v) is 9.87. The van der Waals surface area contributed by atoms with Crippen molar-refractivity contribution in [1.82, 2.24) is 20.1 Å². The lowest BCUT2D eigenvalue weighted by Crippen LogP contribution is -2.29. The van der Waals surface area contributed by atoms with Crippen LogP contribution in [-0.2, 0) is 11.3 Å². The van der Waals surface area contributed by atoms with Gasteiger partial charge in [-0.15, -0.1) is 16.8 Å². The maximum absolute atomic E-state index is 12.7. The molecule has 0 saturated carbocycles. The predicted molar refractivity (Wildman–Crippen MR) is 141 cm³/mol. The molecule has 10 heteroatoms. The van der Waals surface area contributed by atoms with Crippen molar-refractivity contribution in [3.05, 3.63) is 81.1 Å². The third-order valence-corrected chi connectivity index (χ3v) is 7.05. The molecule has 7 nitrogen and oxygen atoms in total. The molecule has 0 unspecified atom stereocenters. The average Bonchev–Trinajstić information content (AvgIpc) is 3.19. The van der Waals surface area contributed by atoms with E-state index < -0.39 is 6.04 Å². The fourth-order valence-corrected chi connectivity index (χ4v) is 4.74. The maximum atomic E-state index is 12.7. The van der Waals surface area contributed by atoms with Gasteiger partial charge in [0, 0.05) is 11.0 Å². The lowest BCUT2D eigenvalue weighted by atomic mass is 10.1. The van der Waals surface area contributed by atoms with Gasteiger partial charge in [-0.1, -0.05) is 41.6 Å². The Morgan fingerprint density at radius 2 is 1.94 bits per heavy atom. The zero-order chi connectivity index (χ0) is 24.8. The van der Waals surface area contributed by atoms with Gasteiger partial charge < -0.3 is 15.2 Å². The van der Waals surface area contributed by atoms with Crippen molar-refractivity contribution in [1.29, 1.82) is 0 Å². The summed E-state index contributed by atoms with van der Waals surface area (Å²) in [6.07, 6.45) is 1.71. The van der Waals surface area contributed by atoms with Crippen molar-refractivity contribution in [3.8, 4) is 0 Å². The van der Waals surface area contributed by atoms with Crippen LogP contribution in [0.1, 0.15) is 40.3 Å². The highest BCUT2D eigenvalue weighted by atomic mass is 79.9. The largest absolute Gasteiger partial charge is 0.342 e. The number of aryl methyl sites for hydroxylation is 2. The number of hydrogen-bond donors (Lipinski definition) is 2. The van der Waals surface area contributed by atoms with Gasteiger partial charge in [-0.3, -0.25) is 9.59 Å². The first kappa shape index (κ1) is 26.0. The first-order valence-electron chi connectivity index (χ1n) is 10.5. The molecule has 3 aromatic rings. The molecule has 0 aliphatic heterocycles. The van der Waals surface area contributed by atoms with Crippen molar-refractivity contribution in [2.45, 2.75) is 38.5 Å². The van der Waals surface area contributed by atoms with Crippen LogP contribution < -0.4 is 10.6 Å². The van der Waals surface area contributed by atoms with Gasteiger partial charge in [0.1, 0.15) is 0 Å². The zero-order valence-electron chi connectivity index (χ0n) is 19.1. The second-order valence-electron chi connectivity index (χ2n) is 7.67. The highest BCUT2D eigenvalue weighted by molar-refractivity contribution is 9.10. The molecule has 2 amide bonds. The monoisotopic (exact) mass is 561 g/mol. The standard InChI is InChI=1S/C24H25BrClN5O2S/c1-5-10-31-22(16(4)27-23(33)17-8-6-7-9-19(17)26)29-30-24(31)34-13-21(32)28-20-12-15(3)14(2)11-18(20)25/h5-9,11-12,16H,1,10,13H2,2-4H3,(H,27,33)(H,28,32)/t16-/m1/s1. The second kappa shape index (κ2) is 11.7. The van der Waals surface area contributed by atoms with Gasteiger partial charge in [-0.25, -0.2) is 0 Å². The molecule has 34 heavy (non-hydrogen) atoms. The molecule has 0 aliphatic rings. The van der Waals surface area contributed by atoms with E-state index in [9.17, 15) is 9.59 Å². The molecular formula is C24H25BrClN5O2S. The molecule has 0 radical (unpaired) electrons. The number of carbonyl (C=O) groups excluding carboxylic acids is 2. The SMILES string of the molecule is C=CCn1c(SCC(=O)Nc2cc(C)c(C)cc2Br)nnc1[C@@H](C)NC(=O)c1ccccc1Cl. The summed E-state index contributed by atoms with van der Waals surface area (Å²) in [4.78, 5) is 25.2. The maximum Gasteiger partial charge on any atom is 0.253 e. The summed E-state index contributed by atoms with van der Waals surface area (Å²) < 4.78 is 2.66. The third kappa shape index (κ3) is 6.28. The lowest BCUT2D eigenvalue weighted by molar-refractivity contribution is -0.113. The van der Waals surface area contributed by atoms with Crippen LogP contribution in [0.4, 0.5) is 5.69 Å². The summed E-state index contributed by atoms with van der Waals surface area (Å²) in [5.41, 5.74) is 3.34. The normalized spacial score (nSPS) is 11.7. The highest BCUT2D eigenvalue weighted by Gasteiger charge is 2.21. The Labute approximate surface area is 216 Å². The van der Waals surface area contributed by atoms with Crippen LogP contribution in [-0.4, -0.2) is 32.3 Å². The smallest absolute Gasteiger partial charge is 0.253 e. The van der Waals surface area contributed by atoms with E-state index in [-0.39, 0.29) is 17.6 Å². The molecule has 0 fully saturated rings. The van der Waals surface area contributed by atoms with Gasteiger partial charge in [0.05, 0.1) is 28.1 Å². The number of nitrogens with zero attached hydrogens (tertiary/aromatic N) is 3. The van der Waals surface area contributed by atoms with Gasteiger partial charge >= 0.3 is 0 Å². The van der Waals surface area contributed by atoms with Crippen LogP contribution in [0.15, 0.2) is 58.7 Å². The summed E-state index contributed by atoms with van der Waals surface area (Å²) in [5, 5.41) is 15.3. The first-order valence-corrected chi connectivity index (χ1v) is 12.7. The minimum absolute atomic E-state index is 0.148. The van der Waals surface area contributed by atoms with Crippen LogP contribution in [0.25, 0.3) is 0 Å². The highest BCUT2D eigenvalue weighted by Crippen LogP contribution is 2.27. The Morgan fingerprint density at radius 3 is 2.65 bits per heavy atom. The lowest BCUT2D eigenvalue weighted by Gasteiger charge is -2.16. The molecule has 0 aliphatic carbocycles. The molecule has 1 atom stereocenters. The van der Waals surface area contributed by atoms with Gasteiger partial charge in [-0.05, 0) is 72.1 Å². The Balaban J connectivity index is 1.69. The van der Waals surface area contributed by atoms with E-state index in [4.69, 9.17) is 11.6 Å². The summed E-state index contributed by atoms with van der Waals surface area (Å²) in [6, 6.07) is 10.3. The topological polar surface area (TPSA) is 88.9 Å². The molecule has 0 bridgehead atoms. The number of thioether (sulfide) groups is 1. The van der Waals surface area contributed by atoms with Gasteiger partial charge in [0.25, 0.3) is 5.91 Å². The average molecular weight is 563 g/mol. The minimum Gasteiger partial charge on any atom is -0.342 e. The fraction of sp³-hybridized carbons (Fsp3) is 0.250. The van der Waals surface area contributed by atoms with Gasteiger partial charge in [0.15, 0.2) is 11.0 Å². The number of amides is 2. The first-order chi connectivity index (χ1) is 16.2. The van der Waals surface area contributed by atoms with Crippen molar-refractivity contribution in [2.75, 3.05) is 11.1 Å². The van der Waals surface area contributed by atoms with Crippen LogP contribution in [0.3, 0.4) is 0 Å². The van der Waals surface area contributed by atoms with Gasteiger partial charge in [-0.2, -0.15) is 0 Å². The Kier molecular flexibility index (Phi) is 8.93. The third-order valence-electron chi connectivity index (χ3n) is 5.10. The van der Waals surface area contributed by atoms with Crippen molar-refractivity contribution in [2.24, 2.45) is 0 Å². The molecule has 1 aromatic heterocycles. The van der Waals surface area contributed by atoms with Crippen molar-refractivity contribution >= 4 is 56.8 Å². The number of hydrogen-bond acceptors (Lipinski definition) is 5. The van der Waals surface area contributed by atoms with Crippen LogP contribution >= 0.6 is 39.3 Å². The summed E-state index contributed by atoms with van der Waals surface area (Å²) >= 11 is 10.9. The van der Waals surface area contributed by atoms with E-state index in [1.807, 2.05) is 37.5 Å². The number of benzene rings is 2. The van der Waals surface area contributed by atoms with E-state index in [0.717, 1.165) is 21.3 Å². The molecule has 1 heterocycles. The quantitative estimate of drug-likeness (QED) is 0.257. The Hall–Kier alpha value is -2.62. The van der Waals surface area contributed by atoms with Crippen LogP contribution in [0.2, 0.25) is 5.02 Å². The minimum atomic E-state index is -0.439. The molecule has 3 rings (SSSR count). The van der Waals surface area contributed by atoms with E-state index >= 15 is 0 Å².